The Balaban J connectivity index is 2.19. The molecule has 0 radical (unpaired) electrons. The van der Waals surface area contributed by atoms with Gasteiger partial charge in [0.15, 0.2) is 0 Å². The van der Waals surface area contributed by atoms with Gasteiger partial charge in [-0.3, -0.25) is 4.79 Å². The third-order valence-electron chi connectivity index (χ3n) is 3.82. The van der Waals surface area contributed by atoms with E-state index in [9.17, 15) is 13.6 Å². The molecule has 0 aromatic heterocycles. The van der Waals surface area contributed by atoms with Crippen LogP contribution in [0.3, 0.4) is 0 Å². The maximum Gasteiger partial charge on any atom is 0.387 e. The molecule has 1 fully saturated rings. The number of ether oxygens (including phenoxy) is 1. The Morgan fingerprint density at radius 2 is 2.05 bits per heavy atom. The van der Waals surface area contributed by atoms with E-state index in [2.05, 4.69) is 4.74 Å². The smallest absolute Gasteiger partial charge is 0.387 e. The SMILES string of the molecule is Cc1cc(C(=O)N2CCC(CN)C2)cc(C)c1OC(F)F. The summed E-state index contributed by atoms with van der Waals surface area (Å²) in [6.07, 6.45) is 0.910. The van der Waals surface area contributed by atoms with Crippen molar-refractivity contribution in [3.8, 4) is 5.75 Å². The van der Waals surface area contributed by atoms with E-state index in [1.54, 1.807) is 30.9 Å². The van der Waals surface area contributed by atoms with Gasteiger partial charge in [0, 0.05) is 18.7 Å². The molecule has 2 rings (SSSR count). The van der Waals surface area contributed by atoms with Gasteiger partial charge < -0.3 is 15.4 Å². The van der Waals surface area contributed by atoms with Crippen molar-refractivity contribution >= 4 is 5.91 Å². The summed E-state index contributed by atoms with van der Waals surface area (Å²) in [4.78, 5) is 14.2. The first-order valence-corrected chi connectivity index (χ1v) is 6.97. The molecule has 1 saturated heterocycles. The van der Waals surface area contributed by atoms with Crippen LogP contribution >= 0.6 is 0 Å². The lowest BCUT2D eigenvalue weighted by Crippen LogP contribution is -2.30. The lowest BCUT2D eigenvalue weighted by atomic mass is 10.0. The average molecular weight is 298 g/mol. The third kappa shape index (κ3) is 3.50. The highest BCUT2D eigenvalue weighted by atomic mass is 19.3. The molecule has 0 saturated carbocycles. The van der Waals surface area contributed by atoms with E-state index in [1.165, 1.54) is 0 Å². The zero-order valence-corrected chi connectivity index (χ0v) is 12.2. The van der Waals surface area contributed by atoms with Crippen LogP contribution < -0.4 is 10.5 Å². The predicted molar refractivity (Wildman–Crippen MR) is 75.6 cm³/mol. The Hall–Kier alpha value is -1.69. The maximum absolute atomic E-state index is 12.4. The highest BCUT2D eigenvalue weighted by Gasteiger charge is 2.26. The molecule has 116 valence electrons. The van der Waals surface area contributed by atoms with Gasteiger partial charge in [0.25, 0.3) is 5.91 Å². The normalized spacial score (nSPS) is 18.4. The second-order valence-corrected chi connectivity index (χ2v) is 5.46. The van der Waals surface area contributed by atoms with Gasteiger partial charge in [0.05, 0.1) is 0 Å². The van der Waals surface area contributed by atoms with Gasteiger partial charge in [-0.2, -0.15) is 8.78 Å². The summed E-state index contributed by atoms with van der Waals surface area (Å²) < 4.78 is 29.2. The number of likely N-dealkylation sites (tertiary alicyclic amines) is 1. The molecule has 21 heavy (non-hydrogen) atoms. The van der Waals surface area contributed by atoms with Crippen molar-refractivity contribution in [3.05, 3.63) is 28.8 Å². The lowest BCUT2D eigenvalue weighted by Gasteiger charge is -2.18. The molecule has 1 aliphatic rings. The summed E-state index contributed by atoms with van der Waals surface area (Å²) in [7, 11) is 0. The number of nitrogens with zero attached hydrogens (tertiary/aromatic N) is 1. The summed E-state index contributed by atoms with van der Waals surface area (Å²) >= 11 is 0. The fraction of sp³-hybridized carbons (Fsp3) is 0.533. The van der Waals surface area contributed by atoms with E-state index in [4.69, 9.17) is 5.73 Å². The van der Waals surface area contributed by atoms with Crippen LogP contribution in [-0.2, 0) is 0 Å². The third-order valence-corrected chi connectivity index (χ3v) is 3.82. The van der Waals surface area contributed by atoms with Crippen LogP contribution in [0, 0.1) is 19.8 Å². The van der Waals surface area contributed by atoms with Crippen molar-refractivity contribution in [2.24, 2.45) is 11.7 Å². The van der Waals surface area contributed by atoms with Gasteiger partial charge in [0.1, 0.15) is 5.75 Å². The molecule has 0 bridgehead atoms. The van der Waals surface area contributed by atoms with Crippen molar-refractivity contribution in [1.82, 2.24) is 4.90 Å². The van der Waals surface area contributed by atoms with E-state index >= 15 is 0 Å². The van der Waals surface area contributed by atoms with Crippen LogP contribution in [-0.4, -0.2) is 37.1 Å². The van der Waals surface area contributed by atoms with Crippen molar-refractivity contribution in [2.75, 3.05) is 19.6 Å². The van der Waals surface area contributed by atoms with Crippen LogP contribution in [0.25, 0.3) is 0 Å². The average Bonchev–Trinajstić information content (AvgIpc) is 2.90. The first-order valence-electron chi connectivity index (χ1n) is 6.97. The minimum atomic E-state index is -2.87. The molecule has 1 heterocycles. The zero-order valence-electron chi connectivity index (χ0n) is 12.2. The van der Waals surface area contributed by atoms with Gasteiger partial charge in [-0.15, -0.1) is 0 Å². The molecule has 6 heteroatoms. The van der Waals surface area contributed by atoms with Crippen molar-refractivity contribution in [2.45, 2.75) is 26.9 Å². The number of carbonyl (C=O) groups is 1. The molecule has 1 amide bonds. The Kier molecular flexibility index (Phi) is 4.77. The molecule has 1 aliphatic heterocycles. The van der Waals surface area contributed by atoms with E-state index in [0.717, 1.165) is 6.42 Å². The molecule has 0 aliphatic carbocycles. The number of benzene rings is 1. The quantitative estimate of drug-likeness (QED) is 0.928. The van der Waals surface area contributed by atoms with E-state index < -0.39 is 6.61 Å². The number of hydrogen-bond acceptors (Lipinski definition) is 3. The van der Waals surface area contributed by atoms with Crippen molar-refractivity contribution < 1.29 is 18.3 Å². The Morgan fingerprint density at radius 3 is 2.52 bits per heavy atom. The van der Waals surface area contributed by atoms with Gasteiger partial charge in [0.2, 0.25) is 0 Å². The highest BCUT2D eigenvalue weighted by molar-refractivity contribution is 5.95. The summed E-state index contributed by atoms with van der Waals surface area (Å²) in [5.74, 6) is 0.404. The molecule has 1 aromatic carbocycles. The zero-order chi connectivity index (χ0) is 15.6. The number of aryl methyl sites for hydroxylation is 2. The number of carbonyl (C=O) groups excluding carboxylic acids is 1. The second kappa shape index (κ2) is 6.39. The van der Waals surface area contributed by atoms with Crippen molar-refractivity contribution in [3.63, 3.8) is 0 Å². The molecular formula is C15H20F2N2O2. The topological polar surface area (TPSA) is 55.6 Å². The molecule has 2 N–H and O–H groups in total. The molecule has 1 atom stereocenters. The van der Waals surface area contributed by atoms with E-state index in [-0.39, 0.29) is 11.7 Å². The minimum Gasteiger partial charge on any atom is -0.434 e. The number of alkyl halides is 2. The number of hydrogen-bond donors (Lipinski definition) is 1. The van der Waals surface area contributed by atoms with Crippen LogP contribution in [0.5, 0.6) is 5.75 Å². The molecule has 0 spiro atoms. The second-order valence-electron chi connectivity index (χ2n) is 5.46. The van der Waals surface area contributed by atoms with E-state index in [1.807, 2.05) is 0 Å². The largest absolute Gasteiger partial charge is 0.434 e. The number of amides is 1. The summed E-state index contributed by atoms with van der Waals surface area (Å²) in [5, 5.41) is 0. The van der Waals surface area contributed by atoms with Crippen LogP contribution in [0.15, 0.2) is 12.1 Å². The van der Waals surface area contributed by atoms with E-state index in [0.29, 0.717) is 42.2 Å². The number of nitrogens with two attached hydrogens (primary N) is 1. The summed E-state index contributed by atoms with van der Waals surface area (Å²) in [6.45, 7) is 2.37. The first-order chi connectivity index (χ1) is 9.92. The fourth-order valence-electron chi connectivity index (χ4n) is 2.74. The van der Waals surface area contributed by atoms with Crippen LogP contribution in [0.2, 0.25) is 0 Å². The highest BCUT2D eigenvalue weighted by Crippen LogP contribution is 2.28. The predicted octanol–water partition coefficient (Wildman–Crippen LogP) is 2.33. The maximum atomic E-state index is 12.4. The lowest BCUT2D eigenvalue weighted by molar-refractivity contribution is -0.0507. The Morgan fingerprint density at radius 1 is 1.43 bits per heavy atom. The standard InChI is InChI=1S/C15H20F2N2O2/c1-9-5-12(6-10(2)13(9)21-15(16)17)14(20)19-4-3-11(7-18)8-19/h5-6,11,15H,3-4,7-8,18H2,1-2H3. The monoisotopic (exact) mass is 298 g/mol. The molecule has 1 aromatic rings. The number of rotatable bonds is 4. The van der Waals surface area contributed by atoms with Gasteiger partial charge in [-0.1, -0.05) is 0 Å². The summed E-state index contributed by atoms with van der Waals surface area (Å²) in [5.41, 5.74) is 7.20. The van der Waals surface area contributed by atoms with Crippen molar-refractivity contribution in [1.29, 1.82) is 0 Å². The Bertz CT molecular complexity index is 511. The van der Waals surface area contributed by atoms with Gasteiger partial charge in [-0.05, 0) is 56.0 Å². The molecule has 1 unspecified atom stereocenters. The molecule has 4 nitrogen and oxygen atoms in total. The first kappa shape index (κ1) is 15.7. The fourth-order valence-corrected chi connectivity index (χ4v) is 2.74. The Labute approximate surface area is 122 Å². The van der Waals surface area contributed by atoms with Gasteiger partial charge in [-0.25, -0.2) is 0 Å². The van der Waals surface area contributed by atoms with Gasteiger partial charge >= 0.3 is 6.61 Å². The summed E-state index contributed by atoms with van der Waals surface area (Å²) in [6, 6.07) is 3.20. The van der Waals surface area contributed by atoms with Crippen LogP contribution in [0.1, 0.15) is 27.9 Å². The van der Waals surface area contributed by atoms with Crippen LogP contribution in [0.4, 0.5) is 8.78 Å². The number of halogens is 2. The minimum absolute atomic E-state index is 0.0826. The molecular weight excluding hydrogens is 278 g/mol.